The Hall–Kier alpha value is -3.24. The minimum absolute atomic E-state index is 0.204. The molecule has 3 rings (SSSR count). The summed E-state index contributed by atoms with van der Waals surface area (Å²) >= 11 is 5.86. The number of pyridine rings is 1. The molecule has 1 aromatic carbocycles. The van der Waals surface area contributed by atoms with Crippen LogP contribution in [-0.2, 0) is 6.42 Å². The van der Waals surface area contributed by atoms with Crippen molar-refractivity contribution in [1.82, 2.24) is 25.5 Å². The molecular weight excluding hydrogens is 340 g/mol. The Labute approximate surface area is 148 Å². The van der Waals surface area contributed by atoms with E-state index >= 15 is 0 Å². The highest BCUT2D eigenvalue weighted by molar-refractivity contribution is 6.30. The summed E-state index contributed by atoms with van der Waals surface area (Å²) in [6.07, 6.45) is 1.94. The van der Waals surface area contributed by atoms with Gasteiger partial charge in [0.15, 0.2) is 5.82 Å². The normalized spacial score (nSPS) is 10.2. The summed E-state index contributed by atoms with van der Waals surface area (Å²) < 4.78 is 0. The van der Waals surface area contributed by atoms with Gasteiger partial charge in [0.25, 0.3) is 5.91 Å². The van der Waals surface area contributed by atoms with Crippen LogP contribution in [0.5, 0.6) is 0 Å². The number of halogens is 1. The molecule has 2 aromatic heterocycles. The molecule has 0 saturated carbocycles. The van der Waals surface area contributed by atoms with Crippen LogP contribution in [0.25, 0.3) is 11.4 Å². The number of nitrogens with one attached hydrogen (secondary N) is 2. The zero-order valence-corrected chi connectivity index (χ0v) is 13.8. The lowest BCUT2D eigenvalue weighted by Gasteiger charge is -2.03. The maximum Gasteiger partial charge on any atom is 0.251 e. The van der Waals surface area contributed by atoms with Crippen molar-refractivity contribution in [1.29, 1.82) is 5.26 Å². The molecule has 0 saturated heterocycles. The van der Waals surface area contributed by atoms with Gasteiger partial charge in [-0.1, -0.05) is 11.6 Å². The average molecular weight is 353 g/mol. The van der Waals surface area contributed by atoms with E-state index < -0.39 is 0 Å². The first-order chi connectivity index (χ1) is 12.2. The van der Waals surface area contributed by atoms with Gasteiger partial charge in [0.1, 0.15) is 17.6 Å². The number of nitriles is 1. The number of benzene rings is 1. The monoisotopic (exact) mass is 352 g/mol. The van der Waals surface area contributed by atoms with E-state index in [0.29, 0.717) is 35.2 Å². The quantitative estimate of drug-likeness (QED) is 0.733. The van der Waals surface area contributed by atoms with E-state index in [4.69, 9.17) is 16.9 Å². The summed E-state index contributed by atoms with van der Waals surface area (Å²) in [5.41, 5.74) is 1.46. The molecule has 2 heterocycles. The number of nitrogens with zero attached hydrogens (tertiary/aromatic N) is 4. The number of aromatic amines is 1. The van der Waals surface area contributed by atoms with Gasteiger partial charge in [-0.25, -0.2) is 9.97 Å². The molecule has 7 nitrogen and oxygen atoms in total. The van der Waals surface area contributed by atoms with Crippen molar-refractivity contribution >= 4 is 17.5 Å². The Balaban J connectivity index is 1.56. The summed E-state index contributed by atoms with van der Waals surface area (Å²) in [6, 6.07) is 12.1. The topological polar surface area (TPSA) is 107 Å². The number of hydrogen-bond acceptors (Lipinski definition) is 5. The fourth-order valence-corrected chi connectivity index (χ4v) is 2.29. The van der Waals surface area contributed by atoms with Gasteiger partial charge in [0.05, 0.1) is 0 Å². The average Bonchev–Trinajstić information content (AvgIpc) is 3.11. The SMILES string of the molecule is N#Cc1cc(C(=O)NCCc2nc(-c3ccc(Cl)cc3)n[nH]2)ccn1. The van der Waals surface area contributed by atoms with E-state index in [9.17, 15) is 4.79 Å². The van der Waals surface area contributed by atoms with Gasteiger partial charge in [-0.15, -0.1) is 0 Å². The second-order valence-corrected chi connectivity index (χ2v) is 5.60. The first-order valence-electron chi connectivity index (χ1n) is 7.47. The number of rotatable bonds is 5. The van der Waals surface area contributed by atoms with Crippen LogP contribution >= 0.6 is 11.6 Å². The van der Waals surface area contributed by atoms with Gasteiger partial charge < -0.3 is 5.32 Å². The van der Waals surface area contributed by atoms with E-state index in [-0.39, 0.29) is 11.6 Å². The number of amides is 1. The van der Waals surface area contributed by atoms with Crippen molar-refractivity contribution in [2.45, 2.75) is 6.42 Å². The van der Waals surface area contributed by atoms with Crippen LogP contribution in [0.2, 0.25) is 5.02 Å². The third-order valence-electron chi connectivity index (χ3n) is 3.42. The van der Waals surface area contributed by atoms with Crippen molar-refractivity contribution in [3.63, 3.8) is 0 Å². The molecule has 0 radical (unpaired) electrons. The molecule has 124 valence electrons. The minimum atomic E-state index is -0.267. The molecule has 1 amide bonds. The van der Waals surface area contributed by atoms with Gasteiger partial charge >= 0.3 is 0 Å². The van der Waals surface area contributed by atoms with E-state index in [1.54, 1.807) is 18.2 Å². The molecule has 0 bridgehead atoms. The first kappa shape index (κ1) is 16.6. The zero-order chi connectivity index (χ0) is 17.6. The number of aromatic nitrogens is 4. The smallest absolute Gasteiger partial charge is 0.251 e. The predicted molar refractivity (Wildman–Crippen MR) is 91.8 cm³/mol. The molecule has 0 aliphatic heterocycles. The molecule has 0 fully saturated rings. The van der Waals surface area contributed by atoms with Gasteiger partial charge in [0, 0.05) is 35.3 Å². The highest BCUT2D eigenvalue weighted by atomic mass is 35.5. The molecule has 0 aliphatic rings. The third kappa shape index (κ3) is 4.19. The van der Waals surface area contributed by atoms with Crippen LogP contribution in [0, 0.1) is 11.3 Å². The Kier molecular flexibility index (Phi) is 5.02. The Morgan fingerprint density at radius 1 is 1.28 bits per heavy atom. The van der Waals surface area contributed by atoms with E-state index in [1.165, 1.54) is 12.3 Å². The van der Waals surface area contributed by atoms with Crippen LogP contribution < -0.4 is 5.32 Å². The number of H-pyrrole nitrogens is 1. The second-order valence-electron chi connectivity index (χ2n) is 5.16. The molecule has 0 spiro atoms. The largest absolute Gasteiger partial charge is 0.352 e. The summed E-state index contributed by atoms with van der Waals surface area (Å²) in [6.45, 7) is 0.387. The summed E-state index contributed by atoms with van der Waals surface area (Å²) in [4.78, 5) is 20.3. The summed E-state index contributed by atoms with van der Waals surface area (Å²) in [5.74, 6) is 0.972. The lowest BCUT2D eigenvalue weighted by Crippen LogP contribution is -2.26. The summed E-state index contributed by atoms with van der Waals surface area (Å²) in [7, 11) is 0. The van der Waals surface area contributed by atoms with Crippen molar-refractivity contribution in [3.05, 3.63) is 64.7 Å². The number of hydrogen-bond donors (Lipinski definition) is 2. The van der Waals surface area contributed by atoms with Crippen molar-refractivity contribution < 1.29 is 4.79 Å². The molecule has 2 N–H and O–H groups in total. The van der Waals surface area contributed by atoms with Gasteiger partial charge in [0.2, 0.25) is 0 Å². The van der Waals surface area contributed by atoms with Crippen LogP contribution in [0.15, 0.2) is 42.6 Å². The molecule has 0 atom stereocenters. The first-order valence-corrected chi connectivity index (χ1v) is 7.85. The van der Waals surface area contributed by atoms with Gasteiger partial charge in [-0.3, -0.25) is 9.89 Å². The van der Waals surface area contributed by atoms with Crippen LogP contribution in [0.4, 0.5) is 0 Å². The molecule has 8 heteroatoms. The maximum atomic E-state index is 12.1. The van der Waals surface area contributed by atoms with Crippen molar-refractivity contribution in [3.8, 4) is 17.5 Å². The fraction of sp³-hybridized carbons (Fsp3) is 0.118. The highest BCUT2D eigenvalue weighted by Crippen LogP contribution is 2.17. The van der Waals surface area contributed by atoms with E-state index in [2.05, 4.69) is 25.5 Å². The third-order valence-corrected chi connectivity index (χ3v) is 3.67. The zero-order valence-electron chi connectivity index (χ0n) is 13.0. The lowest BCUT2D eigenvalue weighted by molar-refractivity contribution is 0.0954. The van der Waals surface area contributed by atoms with Crippen LogP contribution in [-0.4, -0.2) is 32.6 Å². The van der Waals surface area contributed by atoms with Crippen LogP contribution in [0.3, 0.4) is 0 Å². The van der Waals surface area contributed by atoms with E-state index in [0.717, 1.165) is 5.56 Å². The van der Waals surface area contributed by atoms with Crippen molar-refractivity contribution in [2.75, 3.05) is 6.54 Å². The van der Waals surface area contributed by atoms with Gasteiger partial charge in [-0.2, -0.15) is 10.4 Å². The molecule has 25 heavy (non-hydrogen) atoms. The van der Waals surface area contributed by atoms with E-state index in [1.807, 2.05) is 18.2 Å². The molecular formula is C17H13ClN6O. The summed E-state index contributed by atoms with van der Waals surface area (Å²) in [5, 5.41) is 19.2. The minimum Gasteiger partial charge on any atom is -0.352 e. The lowest BCUT2D eigenvalue weighted by atomic mass is 10.2. The predicted octanol–water partition coefficient (Wildman–Crippen LogP) is 2.36. The molecule has 3 aromatic rings. The highest BCUT2D eigenvalue weighted by Gasteiger charge is 2.09. The Morgan fingerprint density at radius 2 is 2.08 bits per heavy atom. The molecule has 0 aliphatic carbocycles. The Bertz CT molecular complexity index is 929. The van der Waals surface area contributed by atoms with Gasteiger partial charge in [-0.05, 0) is 36.4 Å². The number of carbonyl (C=O) groups excluding carboxylic acids is 1. The maximum absolute atomic E-state index is 12.1. The standard InChI is InChI=1S/C17H13ClN6O/c18-13-3-1-11(2-4-13)16-22-15(23-24-16)6-8-21-17(25)12-5-7-20-14(9-12)10-19/h1-5,7,9H,6,8H2,(H,21,25)(H,22,23,24). The van der Waals surface area contributed by atoms with Crippen LogP contribution in [0.1, 0.15) is 21.9 Å². The van der Waals surface area contributed by atoms with Crippen molar-refractivity contribution in [2.24, 2.45) is 0 Å². The fourth-order valence-electron chi connectivity index (χ4n) is 2.16. The number of carbonyl (C=O) groups is 1. The second kappa shape index (κ2) is 7.55. The molecule has 0 unspecified atom stereocenters. The Morgan fingerprint density at radius 3 is 2.84 bits per heavy atom.